The molecular formula is C12H8F3N3O2. The third-order valence-electron chi connectivity index (χ3n) is 2.78. The number of H-pyrrole nitrogens is 1. The molecule has 8 heteroatoms. The topological polar surface area (TPSA) is 63.8 Å². The van der Waals surface area contributed by atoms with Gasteiger partial charge in [-0.05, 0) is 12.1 Å². The maximum Gasteiger partial charge on any atom is 0.449 e. The molecule has 20 heavy (non-hydrogen) atoms. The third-order valence-corrected chi connectivity index (χ3v) is 2.78. The lowest BCUT2D eigenvalue weighted by Crippen LogP contribution is -2.14. The summed E-state index contributed by atoms with van der Waals surface area (Å²) in [5.41, 5.74) is -0.244. The van der Waals surface area contributed by atoms with Crippen LogP contribution in [0.3, 0.4) is 0 Å². The number of fused-ring (bicyclic) bond motifs is 1. The van der Waals surface area contributed by atoms with Gasteiger partial charge < -0.3 is 9.40 Å². The summed E-state index contributed by atoms with van der Waals surface area (Å²) in [6.07, 6.45) is -0.0524. The zero-order chi connectivity index (χ0) is 14.3. The molecule has 0 saturated heterocycles. The summed E-state index contributed by atoms with van der Waals surface area (Å²) in [6.45, 7) is 0. The van der Waals surface area contributed by atoms with E-state index in [0.717, 1.165) is 6.07 Å². The molecule has 1 N–H and O–H groups in total. The van der Waals surface area contributed by atoms with Gasteiger partial charge in [0.15, 0.2) is 5.82 Å². The molecular weight excluding hydrogens is 275 g/mol. The number of aromatic nitrogens is 3. The number of imidazole rings is 1. The Balaban J connectivity index is 1.94. The van der Waals surface area contributed by atoms with Crippen LogP contribution in [0.25, 0.3) is 5.82 Å². The number of hydrogen-bond acceptors (Lipinski definition) is 3. The fraction of sp³-hybridized carbons (Fsp3) is 0.167. The highest BCUT2D eigenvalue weighted by Crippen LogP contribution is 2.30. The molecule has 1 aromatic rings. The van der Waals surface area contributed by atoms with Gasteiger partial charge in [-0.3, -0.25) is 9.36 Å². The maximum absolute atomic E-state index is 12.4. The van der Waals surface area contributed by atoms with Crippen LogP contribution in [0.5, 0.6) is 0 Å². The molecule has 104 valence electrons. The Hall–Kier alpha value is -2.51. The number of alkyl halides is 3. The lowest BCUT2D eigenvalue weighted by atomic mass is 10.2. The molecule has 0 atom stereocenters. The Morgan fingerprint density at radius 2 is 2.15 bits per heavy atom. The van der Waals surface area contributed by atoms with Crippen molar-refractivity contribution < 1.29 is 17.6 Å². The first-order valence-corrected chi connectivity index (χ1v) is 5.65. The zero-order valence-electron chi connectivity index (χ0n) is 9.94. The van der Waals surface area contributed by atoms with Crippen molar-refractivity contribution in [1.29, 1.82) is 0 Å². The van der Waals surface area contributed by atoms with Crippen molar-refractivity contribution in [3.8, 4) is 5.82 Å². The molecule has 3 rings (SSSR count). The van der Waals surface area contributed by atoms with E-state index >= 15 is 0 Å². The first-order chi connectivity index (χ1) is 9.45. The molecule has 3 heterocycles. The monoisotopic (exact) mass is 283 g/mol. The number of aromatic amines is 1. The standard InChI is InChI=1S/C12H8F3N3O2/c13-12(14,15)9-2-1-7(20-9)5-8-11(19)18-4-3-16-6-10(18)17-8/h1-4,6,16H,5H2. The van der Waals surface area contributed by atoms with Crippen LogP contribution in [-0.4, -0.2) is 14.5 Å². The molecule has 0 bridgehead atoms. The molecule has 0 unspecified atom stereocenters. The molecule has 0 aromatic carbocycles. The second-order valence-electron chi connectivity index (χ2n) is 4.16. The molecule has 0 amide bonds. The summed E-state index contributed by atoms with van der Waals surface area (Å²) < 4.78 is 43.2. The average molecular weight is 283 g/mol. The SMILES string of the molecule is O=c1c(Cc2ccc(C(F)(F)F)o2)nc2c[nH]ccn1-2. The van der Waals surface area contributed by atoms with E-state index in [1.54, 1.807) is 6.20 Å². The predicted octanol–water partition coefficient (Wildman–Crippen LogP) is 2.20. The fourth-order valence-corrected chi connectivity index (χ4v) is 1.87. The van der Waals surface area contributed by atoms with E-state index in [0.29, 0.717) is 5.82 Å². The minimum Gasteiger partial charge on any atom is -0.456 e. The summed E-state index contributed by atoms with van der Waals surface area (Å²) in [7, 11) is 0. The molecule has 0 fully saturated rings. The van der Waals surface area contributed by atoms with Crippen molar-refractivity contribution in [1.82, 2.24) is 14.5 Å². The second kappa shape index (κ2) is 4.26. The van der Waals surface area contributed by atoms with Gasteiger partial charge in [-0.15, -0.1) is 0 Å². The Kier molecular flexibility index (Phi) is 2.66. The van der Waals surface area contributed by atoms with Gasteiger partial charge in [-0.1, -0.05) is 0 Å². The lowest BCUT2D eigenvalue weighted by molar-refractivity contribution is -0.153. The van der Waals surface area contributed by atoms with Crippen molar-refractivity contribution >= 4 is 0 Å². The van der Waals surface area contributed by atoms with Crippen LogP contribution >= 0.6 is 0 Å². The molecule has 1 aromatic heterocycles. The van der Waals surface area contributed by atoms with E-state index in [4.69, 9.17) is 0 Å². The highest BCUT2D eigenvalue weighted by atomic mass is 19.4. The van der Waals surface area contributed by atoms with E-state index in [2.05, 4.69) is 14.4 Å². The van der Waals surface area contributed by atoms with Crippen molar-refractivity contribution in [2.45, 2.75) is 12.6 Å². The Morgan fingerprint density at radius 1 is 1.35 bits per heavy atom. The zero-order valence-corrected chi connectivity index (χ0v) is 9.94. The van der Waals surface area contributed by atoms with E-state index in [9.17, 15) is 18.0 Å². The molecule has 0 saturated carbocycles. The highest BCUT2D eigenvalue weighted by Gasteiger charge is 2.34. The Bertz CT molecular complexity index is 769. The molecule has 2 aliphatic rings. The van der Waals surface area contributed by atoms with Crippen LogP contribution in [-0.2, 0) is 12.6 Å². The minimum atomic E-state index is -4.54. The van der Waals surface area contributed by atoms with Gasteiger partial charge in [0.1, 0.15) is 11.5 Å². The van der Waals surface area contributed by atoms with Crippen LogP contribution in [0, 0.1) is 0 Å². The smallest absolute Gasteiger partial charge is 0.449 e. The van der Waals surface area contributed by atoms with E-state index in [-0.39, 0.29) is 23.4 Å². The summed E-state index contributed by atoms with van der Waals surface area (Å²) >= 11 is 0. The van der Waals surface area contributed by atoms with E-state index in [1.165, 1.54) is 23.0 Å². The first-order valence-electron chi connectivity index (χ1n) is 5.65. The van der Waals surface area contributed by atoms with Crippen LogP contribution in [0.15, 0.2) is 39.9 Å². The summed E-state index contributed by atoms with van der Waals surface area (Å²) in [5, 5.41) is 0. The number of nitrogens with one attached hydrogen (secondary N) is 1. The van der Waals surface area contributed by atoms with Crippen LogP contribution < -0.4 is 5.56 Å². The van der Waals surface area contributed by atoms with Crippen LogP contribution in [0.2, 0.25) is 0 Å². The number of nitrogens with zero attached hydrogens (tertiary/aromatic N) is 2. The molecule has 0 radical (unpaired) electrons. The average Bonchev–Trinajstić information content (AvgIpc) is 2.97. The van der Waals surface area contributed by atoms with Crippen molar-refractivity contribution in [3.05, 3.63) is 58.3 Å². The quantitative estimate of drug-likeness (QED) is 0.784. The van der Waals surface area contributed by atoms with Gasteiger partial charge in [-0.25, -0.2) is 4.98 Å². The summed E-state index contributed by atoms with van der Waals surface area (Å²) in [4.78, 5) is 18.8. The van der Waals surface area contributed by atoms with Crippen LogP contribution in [0.1, 0.15) is 17.2 Å². The molecule has 5 nitrogen and oxygen atoms in total. The van der Waals surface area contributed by atoms with E-state index < -0.39 is 11.9 Å². The van der Waals surface area contributed by atoms with Crippen molar-refractivity contribution in [3.63, 3.8) is 0 Å². The number of furan rings is 1. The normalized spacial score (nSPS) is 12.2. The maximum atomic E-state index is 12.4. The highest BCUT2D eigenvalue weighted by molar-refractivity contribution is 5.27. The third kappa shape index (κ3) is 2.09. The fourth-order valence-electron chi connectivity index (χ4n) is 1.87. The summed E-state index contributed by atoms with van der Waals surface area (Å²) in [5.74, 6) is -0.644. The number of halogens is 3. The van der Waals surface area contributed by atoms with Gasteiger partial charge >= 0.3 is 6.18 Å². The number of rotatable bonds is 2. The molecule has 0 spiro atoms. The minimum absolute atomic E-state index is 0.0433. The van der Waals surface area contributed by atoms with Crippen molar-refractivity contribution in [2.24, 2.45) is 0 Å². The second-order valence-corrected chi connectivity index (χ2v) is 4.16. The van der Waals surface area contributed by atoms with Gasteiger partial charge in [0.25, 0.3) is 5.56 Å². The predicted molar refractivity (Wildman–Crippen MR) is 61.9 cm³/mol. The van der Waals surface area contributed by atoms with Gasteiger partial charge in [0.2, 0.25) is 5.76 Å². The Labute approximate surface area is 110 Å². The largest absolute Gasteiger partial charge is 0.456 e. The van der Waals surface area contributed by atoms with Gasteiger partial charge in [0.05, 0.1) is 6.42 Å². The first kappa shape index (κ1) is 12.5. The van der Waals surface area contributed by atoms with Gasteiger partial charge in [0, 0.05) is 18.6 Å². The Morgan fingerprint density at radius 3 is 2.80 bits per heavy atom. The molecule has 2 aliphatic heterocycles. The van der Waals surface area contributed by atoms with Crippen molar-refractivity contribution in [2.75, 3.05) is 0 Å². The number of hydrogen-bond donors (Lipinski definition) is 1. The lowest BCUT2D eigenvalue weighted by Gasteiger charge is -2.00. The van der Waals surface area contributed by atoms with Gasteiger partial charge in [-0.2, -0.15) is 13.2 Å². The molecule has 0 aliphatic carbocycles. The van der Waals surface area contributed by atoms with Crippen LogP contribution in [0.4, 0.5) is 13.2 Å². The van der Waals surface area contributed by atoms with E-state index in [1.807, 2.05) is 0 Å². The summed E-state index contributed by atoms with van der Waals surface area (Å²) in [6, 6.07) is 2.03.